The van der Waals surface area contributed by atoms with E-state index < -0.39 is 20.0 Å². The average molecular weight is 857 g/mol. The summed E-state index contributed by atoms with van der Waals surface area (Å²) >= 11 is 0. The molecule has 0 bridgehead atoms. The molecule has 59 heavy (non-hydrogen) atoms. The number of nitrogens with one attached hydrogen (secondary N) is 1. The Bertz CT molecular complexity index is 974. The molecule has 0 aliphatic carbocycles. The number of carbonyl (C=O) groups excluding carboxylic acids is 1. The molecule has 0 saturated carbocycles. The molecule has 0 radical (unpaired) electrons. The Balaban J connectivity index is 3.81. The van der Waals surface area contributed by atoms with Crippen molar-refractivity contribution in [2.45, 2.75) is 264 Å². The highest BCUT2D eigenvalue weighted by Crippen LogP contribution is 2.38. The van der Waals surface area contributed by atoms with Crippen molar-refractivity contribution in [1.29, 1.82) is 0 Å². The quantitative estimate of drug-likeness (QED) is 0.0273. The number of aliphatic hydroxyl groups is 1. The lowest BCUT2D eigenvalue weighted by atomic mass is 10.0. The molecule has 0 spiro atoms. The van der Waals surface area contributed by atoms with Crippen LogP contribution in [-0.2, 0) is 18.4 Å². The highest BCUT2D eigenvalue weighted by Gasteiger charge is 2.23. The predicted octanol–water partition coefficient (Wildman–Crippen LogP) is 14.1. The first-order valence-corrected chi connectivity index (χ1v) is 27.0. The summed E-state index contributed by atoms with van der Waals surface area (Å²) in [5.74, 6) is -0.198. The van der Waals surface area contributed by atoms with Crippen molar-refractivity contribution in [1.82, 2.24) is 5.32 Å². The first-order valence-electron chi connectivity index (χ1n) is 25.6. The number of hydrogen-bond donors (Lipinski definition) is 2. The van der Waals surface area contributed by atoms with Crippen LogP contribution >= 0.6 is 7.82 Å². The van der Waals surface area contributed by atoms with E-state index >= 15 is 0 Å². The minimum atomic E-state index is -4.57. The van der Waals surface area contributed by atoms with Gasteiger partial charge in [-0.3, -0.25) is 9.36 Å². The molecule has 0 aliphatic rings. The molecule has 0 aromatic rings. The third-order valence-corrected chi connectivity index (χ3v) is 12.7. The second-order valence-corrected chi connectivity index (χ2v) is 20.3. The van der Waals surface area contributed by atoms with Crippen LogP contribution in [-0.4, -0.2) is 68.5 Å². The largest absolute Gasteiger partial charge is 0.756 e. The van der Waals surface area contributed by atoms with Crippen LogP contribution in [0.25, 0.3) is 0 Å². The lowest BCUT2D eigenvalue weighted by molar-refractivity contribution is -0.870. The predicted molar refractivity (Wildman–Crippen MR) is 252 cm³/mol. The fourth-order valence-electron chi connectivity index (χ4n) is 7.68. The van der Waals surface area contributed by atoms with E-state index in [0.29, 0.717) is 17.4 Å². The number of allylic oxidation sites excluding steroid dienone is 1. The fraction of sp³-hybridized carbons (Fsp3) is 0.940. The standard InChI is InChI=1S/C50H101N2O6P/c1-6-8-10-12-14-15-16-17-18-19-20-21-22-23-24-25-26-27-28-29-30-31-32-33-34-35-36-37-38-40-42-44-50(54)51-48(49(53)43-41-39-13-11-9-7-2)47-58-59(55,56)57-46-45-52(3,4)5/h41,43,48-49,53H,6-40,42,44-47H2,1-5H3,(H-,51,54,55,56)/b43-41+. The molecule has 0 saturated heterocycles. The van der Waals surface area contributed by atoms with Gasteiger partial charge in [0.05, 0.1) is 39.9 Å². The smallest absolute Gasteiger partial charge is 0.268 e. The molecule has 8 nitrogen and oxygen atoms in total. The number of phosphoric acid groups is 1. The monoisotopic (exact) mass is 857 g/mol. The highest BCUT2D eigenvalue weighted by molar-refractivity contribution is 7.45. The minimum absolute atomic E-state index is 0.00121. The summed E-state index contributed by atoms with van der Waals surface area (Å²) in [5.41, 5.74) is 0. The summed E-state index contributed by atoms with van der Waals surface area (Å²) in [4.78, 5) is 25.2. The van der Waals surface area contributed by atoms with Gasteiger partial charge in [0.1, 0.15) is 13.2 Å². The Hall–Kier alpha value is -0.760. The van der Waals surface area contributed by atoms with Crippen LogP contribution in [0.5, 0.6) is 0 Å². The second kappa shape index (κ2) is 42.5. The van der Waals surface area contributed by atoms with Crippen LogP contribution in [0, 0.1) is 0 Å². The number of likely N-dealkylation sites (N-methyl/N-ethyl adjacent to an activating group) is 1. The third-order valence-electron chi connectivity index (χ3n) is 11.7. The van der Waals surface area contributed by atoms with Crippen molar-refractivity contribution < 1.29 is 32.9 Å². The summed E-state index contributed by atoms with van der Waals surface area (Å²) < 4.78 is 23.1. The number of hydrogen-bond acceptors (Lipinski definition) is 6. The van der Waals surface area contributed by atoms with Gasteiger partial charge in [-0.2, -0.15) is 0 Å². The van der Waals surface area contributed by atoms with Crippen LogP contribution in [0.4, 0.5) is 0 Å². The number of quaternary nitrogens is 1. The lowest BCUT2D eigenvalue weighted by Gasteiger charge is -2.29. The van der Waals surface area contributed by atoms with E-state index in [9.17, 15) is 19.4 Å². The summed E-state index contributed by atoms with van der Waals surface area (Å²) in [7, 11) is 1.27. The SMILES string of the molecule is CCCCCC/C=C/C(O)C(COP(=O)([O-])OCC[N+](C)(C)C)NC(=O)CCCCCCCCCCCCCCCCCCCCCCCCCCCCCCCCC. The van der Waals surface area contributed by atoms with Crippen molar-refractivity contribution >= 4 is 13.7 Å². The Morgan fingerprint density at radius 1 is 0.576 bits per heavy atom. The van der Waals surface area contributed by atoms with Crippen molar-refractivity contribution in [3.63, 3.8) is 0 Å². The number of amides is 1. The van der Waals surface area contributed by atoms with E-state index in [0.717, 1.165) is 44.9 Å². The van der Waals surface area contributed by atoms with Crippen molar-refractivity contribution in [2.75, 3.05) is 40.9 Å². The number of unbranched alkanes of at least 4 members (excludes halogenated alkanes) is 34. The number of nitrogens with zero attached hydrogens (tertiary/aromatic N) is 1. The number of carbonyl (C=O) groups is 1. The van der Waals surface area contributed by atoms with Gasteiger partial charge in [-0.1, -0.05) is 238 Å². The highest BCUT2D eigenvalue weighted by atomic mass is 31.2. The summed E-state index contributed by atoms with van der Waals surface area (Å²) in [6.07, 6.45) is 50.5. The van der Waals surface area contributed by atoms with Gasteiger partial charge in [0.2, 0.25) is 5.91 Å². The zero-order chi connectivity index (χ0) is 43.6. The van der Waals surface area contributed by atoms with E-state index in [4.69, 9.17) is 9.05 Å². The maximum Gasteiger partial charge on any atom is 0.268 e. The van der Waals surface area contributed by atoms with Crippen molar-refractivity contribution in [3.8, 4) is 0 Å². The van der Waals surface area contributed by atoms with Gasteiger partial charge in [-0.25, -0.2) is 0 Å². The van der Waals surface area contributed by atoms with E-state index in [1.807, 2.05) is 27.2 Å². The summed E-state index contributed by atoms with van der Waals surface area (Å²) in [6.45, 7) is 4.59. The van der Waals surface area contributed by atoms with Gasteiger partial charge in [-0.05, 0) is 19.3 Å². The molecule has 0 fully saturated rings. The molecule has 0 aliphatic heterocycles. The minimum Gasteiger partial charge on any atom is -0.756 e. The number of aliphatic hydroxyl groups excluding tert-OH is 1. The molecule has 0 rings (SSSR count). The molecule has 3 atom stereocenters. The van der Waals surface area contributed by atoms with Gasteiger partial charge in [0.15, 0.2) is 0 Å². The van der Waals surface area contributed by atoms with Crippen LogP contribution in [0.1, 0.15) is 251 Å². The maximum absolute atomic E-state index is 12.8. The summed E-state index contributed by atoms with van der Waals surface area (Å²) in [6, 6.07) is -0.878. The third kappa shape index (κ3) is 45.1. The summed E-state index contributed by atoms with van der Waals surface area (Å²) in [5, 5.41) is 13.6. The zero-order valence-electron chi connectivity index (χ0n) is 40.0. The van der Waals surface area contributed by atoms with Crippen LogP contribution < -0.4 is 10.2 Å². The normalized spacial score (nSPS) is 14.2. The Labute approximate surface area is 367 Å². The number of rotatable bonds is 47. The van der Waals surface area contributed by atoms with Crippen LogP contribution in [0.3, 0.4) is 0 Å². The molecule has 1 amide bonds. The number of phosphoric ester groups is 1. The lowest BCUT2D eigenvalue weighted by Crippen LogP contribution is -2.45. The molecule has 0 aromatic heterocycles. The molecule has 2 N–H and O–H groups in total. The first-order chi connectivity index (χ1) is 28.5. The van der Waals surface area contributed by atoms with Crippen molar-refractivity contribution in [3.05, 3.63) is 12.2 Å². The van der Waals surface area contributed by atoms with E-state index in [2.05, 4.69) is 19.2 Å². The van der Waals surface area contributed by atoms with Crippen molar-refractivity contribution in [2.24, 2.45) is 0 Å². The Morgan fingerprint density at radius 3 is 1.27 bits per heavy atom. The Morgan fingerprint density at radius 2 is 0.915 bits per heavy atom. The molecule has 9 heteroatoms. The maximum atomic E-state index is 12.8. The first kappa shape index (κ1) is 58.2. The fourth-order valence-corrected chi connectivity index (χ4v) is 8.41. The van der Waals surface area contributed by atoms with Crippen LogP contribution in [0.2, 0.25) is 0 Å². The molecular formula is C50H101N2O6P. The van der Waals surface area contributed by atoms with Crippen LogP contribution in [0.15, 0.2) is 12.2 Å². The molecule has 0 heterocycles. The molecule has 352 valence electrons. The Kier molecular flexibility index (Phi) is 42.0. The zero-order valence-corrected chi connectivity index (χ0v) is 40.9. The van der Waals surface area contributed by atoms with Gasteiger partial charge in [0, 0.05) is 6.42 Å². The van der Waals surface area contributed by atoms with E-state index in [1.165, 1.54) is 186 Å². The van der Waals surface area contributed by atoms with E-state index in [1.54, 1.807) is 6.08 Å². The molecule has 3 unspecified atom stereocenters. The van der Waals surface area contributed by atoms with E-state index in [-0.39, 0.29) is 19.1 Å². The van der Waals surface area contributed by atoms with Gasteiger partial charge >= 0.3 is 0 Å². The molecule has 0 aromatic carbocycles. The average Bonchev–Trinajstić information content (AvgIpc) is 3.19. The topological polar surface area (TPSA) is 108 Å². The molecular weight excluding hydrogens is 756 g/mol. The van der Waals surface area contributed by atoms with Gasteiger partial charge in [-0.15, -0.1) is 0 Å². The second-order valence-electron chi connectivity index (χ2n) is 18.9. The van der Waals surface area contributed by atoms with Gasteiger partial charge < -0.3 is 28.8 Å². The van der Waals surface area contributed by atoms with Gasteiger partial charge in [0.25, 0.3) is 7.82 Å².